The number of ether oxygens (including phenoxy) is 1. The van der Waals surface area contributed by atoms with Crippen LogP contribution in [0.4, 0.5) is 11.4 Å². The smallest absolute Gasteiger partial charge is 0.332 e. The Hall–Kier alpha value is -3.63. The molecule has 0 aliphatic carbocycles. The molecule has 1 unspecified atom stereocenters. The van der Waals surface area contributed by atoms with Crippen molar-refractivity contribution in [3.63, 3.8) is 0 Å². The molecule has 3 N–H and O–H groups in total. The topological polar surface area (TPSA) is 126 Å². The largest absolute Gasteiger partial charge is 0.481 e. The van der Waals surface area contributed by atoms with E-state index >= 15 is 0 Å². The van der Waals surface area contributed by atoms with Crippen molar-refractivity contribution >= 4 is 40.6 Å². The van der Waals surface area contributed by atoms with Gasteiger partial charge in [0.05, 0.1) is 13.4 Å². The molecule has 1 amide bonds. The van der Waals surface area contributed by atoms with E-state index in [2.05, 4.69) is 0 Å². The third-order valence-electron chi connectivity index (χ3n) is 6.37. The second-order valence-electron chi connectivity index (χ2n) is 8.44. The number of rotatable bonds is 8. The van der Waals surface area contributed by atoms with E-state index in [1.54, 1.807) is 36.4 Å². The molecule has 0 radical (unpaired) electrons. The highest BCUT2D eigenvalue weighted by Gasteiger charge is 2.51. The molecule has 0 bridgehead atoms. The molecule has 2 aromatic heterocycles. The number of amides is 1. The number of likely N-dealkylation sites (tertiary alicyclic amines) is 1. The Morgan fingerprint density at radius 3 is 2.54 bits per heavy atom. The van der Waals surface area contributed by atoms with Crippen LogP contribution >= 0.6 is 11.3 Å². The normalized spacial score (nSPS) is 16.4. The number of aliphatic carboxylic acids is 1. The highest BCUT2D eigenvalue weighted by atomic mass is 32.1. The molecular weight excluding hydrogens is 470 g/mol. The number of esters is 1. The van der Waals surface area contributed by atoms with Gasteiger partial charge in [0.15, 0.2) is 5.76 Å². The van der Waals surface area contributed by atoms with Gasteiger partial charge in [-0.3, -0.25) is 14.5 Å². The van der Waals surface area contributed by atoms with Crippen LogP contribution in [-0.4, -0.2) is 60.1 Å². The zero-order valence-corrected chi connectivity index (χ0v) is 20.1. The molecule has 0 spiro atoms. The van der Waals surface area contributed by atoms with Gasteiger partial charge in [-0.25, -0.2) is 4.79 Å². The molecule has 1 aliphatic rings. The Kier molecular flexibility index (Phi) is 7.23. The maximum Gasteiger partial charge on any atom is 0.332 e. The fraction of sp³-hybridized carbons (Fsp3) is 0.320. The SMILES string of the molecule is COC(=O)C1(N(C(=O)c2ccco2)c2cccc(N)c2)CCN(CC(C(=O)O)c2cccs2)CC1. The van der Waals surface area contributed by atoms with Crippen molar-refractivity contribution in [2.75, 3.05) is 37.4 Å². The number of carbonyl (C=O) groups is 3. The number of benzene rings is 1. The molecule has 4 rings (SSSR count). The van der Waals surface area contributed by atoms with E-state index in [-0.39, 0.29) is 18.6 Å². The van der Waals surface area contributed by atoms with Crippen LogP contribution in [0.3, 0.4) is 0 Å². The van der Waals surface area contributed by atoms with Crippen LogP contribution in [-0.2, 0) is 14.3 Å². The van der Waals surface area contributed by atoms with Crippen LogP contribution in [0.1, 0.15) is 34.2 Å². The number of carbonyl (C=O) groups excluding carboxylic acids is 2. The molecular formula is C25H27N3O6S. The molecule has 3 heterocycles. The second-order valence-corrected chi connectivity index (χ2v) is 9.42. The van der Waals surface area contributed by atoms with Gasteiger partial charge in [-0.1, -0.05) is 12.1 Å². The van der Waals surface area contributed by atoms with Crippen LogP contribution in [0.15, 0.2) is 64.6 Å². The number of carboxylic acid groups (broad SMARTS) is 1. The number of anilines is 2. The minimum atomic E-state index is -1.31. The van der Waals surface area contributed by atoms with Crippen LogP contribution in [0.2, 0.25) is 0 Å². The molecule has 184 valence electrons. The fourth-order valence-corrected chi connectivity index (χ4v) is 5.40. The lowest BCUT2D eigenvalue weighted by atomic mass is 9.84. The summed E-state index contributed by atoms with van der Waals surface area (Å²) in [6.45, 7) is 1.10. The van der Waals surface area contributed by atoms with E-state index in [1.165, 1.54) is 29.6 Å². The molecule has 9 nitrogen and oxygen atoms in total. The van der Waals surface area contributed by atoms with Crippen molar-refractivity contribution in [1.82, 2.24) is 4.90 Å². The number of hydrogen-bond donors (Lipinski definition) is 2. The molecule has 35 heavy (non-hydrogen) atoms. The zero-order valence-electron chi connectivity index (χ0n) is 19.3. The molecule has 1 fully saturated rings. The van der Waals surface area contributed by atoms with E-state index in [9.17, 15) is 19.5 Å². The Morgan fingerprint density at radius 1 is 1.20 bits per heavy atom. The Morgan fingerprint density at radius 2 is 1.97 bits per heavy atom. The van der Waals surface area contributed by atoms with Crippen molar-refractivity contribution in [3.05, 3.63) is 70.8 Å². The number of nitrogens with zero attached hydrogens (tertiary/aromatic N) is 2. The average molecular weight is 498 g/mol. The number of nitrogens with two attached hydrogens (primary N) is 1. The van der Waals surface area contributed by atoms with Gasteiger partial charge in [-0.2, -0.15) is 0 Å². The van der Waals surface area contributed by atoms with Gasteiger partial charge in [-0.15, -0.1) is 11.3 Å². The number of hydrogen-bond acceptors (Lipinski definition) is 8. The number of nitrogen functional groups attached to an aromatic ring is 1. The number of thiophene rings is 1. The third-order valence-corrected chi connectivity index (χ3v) is 7.35. The molecule has 1 atom stereocenters. The first kappa shape index (κ1) is 24.5. The predicted molar refractivity (Wildman–Crippen MR) is 131 cm³/mol. The van der Waals surface area contributed by atoms with Crippen LogP contribution < -0.4 is 10.6 Å². The fourth-order valence-electron chi connectivity index (χ4n) is 4.59. The Bertz CT molecular complexity index is 1170. The van der Waals surface area contributed by atoms with Crippen LogP contribution in [0, 0.1) is 0 Å². The quantitative estimate of drug-likeness (QED) is 0.358. The minimum Gasteiger partial charge on any atom is -0.481 e. The van der Waals surface area contributed by atoms with Gasteiger partial charge in [0.1, 0.15) is 11.5 Å². The highest BCUT2D eigenvalue weighted by molar-refractivity contribution is 7.10. The van der Waals surface area contributed by atoms with Gasteiger partial charge in [-0.05, 0) is 54.6 Å². The predicted octanol–water partition coefficient (Wildman–Crippen LogP) is 3.45. The molecule has 0 saturated carbocycles. The average Bonchev–Trinajstić information content (AvgIpc) is 3.57. The highest BCUT2D eigenvalue weighted by Crippen LogP contribution is 2.37. The summed E-state index contributed by atoms with van der Waals surface area (Å²) >= 11 is 1.41. The van der Waals surface area contributed by atoms with E-state index in [4.69, 9.17) is 14.9 Å². The first-order valence-electron chi connectivity index (χ1n) is 11.2. The van der Waals surface area contributed by atoms with Crippen LogP contribution in [0.5, 0.6) is 0 Å². The van der Waals surface area contributed by atoms with Gasteiger partial charge in [0, 0.05) is 35.9 Å². The summed E-state index contributed by atoms with van der Waals surface area (Å²) in [6, 6.07) is 13.6. The summed E-state index contributed by atoms with van der Waals surface area (Å²) in [5.41, 5.74) is 5.59. The van der Waals surface area contributed by atoms with E-state index in [1.807, 2.05) is 22.4 Å². The van der Waals surface area contributed by atoms with Crippen molar-refractivity contribution in [3.8, 4) is 0 Å². The summed E-state index contributed by atoms with van der Waals surface area (Å²) in [7, 11) is 1.29. The molecule has 3 aromatic rings. The van der Waals surface area contributed by atoms with Crippen molar-refractivity contribution in [2.24, 2.45) is 0 Å². The van der Waals surface area contributed by atoms with Crippen molar-refractivity contribution < 1.29 is 28.6 Å². The van der Waals surface area contributed by atoms with E-state index in [0.29, 0.717) is 31.0 Å². The third kappa shape index (κ3) is 4.94. The summed E-state index contributed by atoms with van der Waals surface area (Å²) < 4.78 is 10.6. The van der Waals surface area contributed by atoms with Gasteiger partial charge >= 0.3 is 11.9 Å². The number of furan rings is 1. The summed E-state index contributed by atoms with van der Waals surface area (Å²) in [4.78, 5) is 43.1. The molecule has 10 heteroatoms. The van der Waals surface area contributed by atoms with Crippen LogP contribution in [0.25, 0.3) is 0 Å². The second kappa shape index (κ2) is 10.3. The number of methoxy groups -OCH3 is 1. The van der Waals surface area contributed by atoms with E-state index < -0.39 is 29.3 Å². The van der Waals surface area contributed by atoms with E-state index in [0.717, 1.165) is 4.88 Å². The molecule has 1 aliphatic heterocycles. The van der Waals surface area contributed by atoms with Crippen molar-refractivity contribution in [2.45, 2.75) is 24.3 Å². The minimum absolute atomic E-state index is 0.0850. The first-order chi connectivity index (χ1) is 16.9. The lowest BCUT2D eigenvalue weighted by Gasteiger charge is -2.46. The van der Waals surface area contributed by atoms with Gasteiger partial charge in [0.2, 0.25) is 0 Å². The maximum atomic E-state index is 13.6. The molecule has 1 saturated heterocycles. The maximum absolute atomic E-state index is 13.6. The Balaban J connectivity index is 1.66. The lowest BCUT2D eigenvalue weighted by Crippen LogP contribution is -2.63. The zero-order chi connectivity index (χ0) is 25.0. The summed E-state index contributed by atoms with van der Waals surface area (Å²) in [6.07, 6.45) is 1.89. The standard InChI is InChI=1S/C25H27N3O6S/c1-33-24(32)25(9-11-27(12-10-25)16-19(23(30)31)21-8-4-14-35-21)28(18-6-2-5-17(26)15-18)22(29)20-7-3-13-34-20/h2-8,13-15,19H,9-12,16,26H2,1H3,(H,30,31). The van der Waals surface area contributed by atoms with Crippen molar-refractivity contribution in [1.29, 1.82) is 0 Å². The monoisotopic (exact) mass is 497 g/mol. The summed E-state index contributed by atoms with van der Waals surface area (Å²) in [5, 5.41) is 11.6. The van der Waals surface area contributed by atoms with Gasteiger partial charge < -0.3 is 24.9 Å². The number of carboxylic acids is 1. The van der Waals surface area contributed by atoms with Gasteiger partial charge in [0.25, 0.3) is 5.91 Å². The first-order valence-corrected chi connectivity index (χ1v) is 12.0. The Labute approximate surface area is 206 Å². The summed E-state index contributed by atoms with van der Waals surface area (Å²) in [5.74, 6) is -2.52. The molecule has 1 aromatic carbocycles. The number of piperidine rings is 1. The lowest BCUT2D eigenvalue weighted by molar-refractivity contribution is -0.149.